The number of aromatic nitrogens is 1. The van der Waals surface area contributed by atoms with E-state index in [-0.39, 0.29) is 24.2 Å². The van der Waals surface area contributed by atoms with Gasteiger partial charge in [0.15, 0.2) is 6.61 Å². The summed E-state index contributed by atoms with van der Waals surface area (Å²) in [6.07, 6.45) is -3.15. The number of carbonyl (C=O) groups excluding carboxylic acids is 2. The molecule has 0 aliphatic carbocycles. The first-order chi connectivity index (χ1) is 13.1. The standard InChI is InChI=1S/C19H18F3N3O3/c1-18(2)13-4-3-12(8-14(13)25-17(18)27)16(26)24-9-11-5-6-23-15(7-11)28-10-19(20,21)22/h3-8H,9-10H2,1-2H3,(H,24,26)(H,25,27). The molecule has 0 saturated heterocycles. The van der Waals surface area contributed by atoms with Crippen molar-refractivity contribution in [2.45, 2.75) is 32.0 Å². The van der Waals surface area contributed by atoms with Gasteiger partial charge in [0.1, 0.15) is 0 Å². The Morgan fingerprint density at radius 1 is 1.25 bits per heavy atom. The summed E-state index contributed by atoms with van der Waals surface area (Å²) in [5, 5.41) is 5.44. The van der Waals surface area contributed by atoms with Gasteiger partial charge in [0.2, 0.25) is 11.8 Å². The Morgan fingerprint density at radius 2 is 2.00 bits per heavy atom. The summed E-state index contributed by atoms with van der Waals surface area (Å²) >= 11 is 0. The van der Waals surface area contributed by atoms with Crippen LogP contribution in [0.25, 0.3) is 0 Å². The van der Waals surface area contributed by atoms with Crippen LogP contribution in [0.2, 0.25) is 0 Å². The van der Waals surface area contributed by atoms with Crippen LogP contribution in [0.4, 0.5) is 18.9 Å². The van der Waals surface area contributed by atoms with Gasteiger partial charge in [0.05, 0.1) is 5.41 Å². The molecule has 1 aliphatic rings. The van der Waals surface area contributed by atoms with Crippen molar-refractivity contribution in [2.24, 2.45) is 0 Å². The first kappa shape index (κ1) is 19.7. The van der Waals surface area contributed by atoms with Crippen LogP contribution >= 0.6 is 0 Å². The van der Waals surface area contributed by atoms with Crippen LogP contribution in [0, 0.1) is 0 Å². The second-order valence-electron chi connectivity index (χ2n) is 6.93. The van der Waals surface area contributed by atoms with E-state index in [1.165, 1.54) is 12.3 Å². The number of rotatable bonds is 5. The number of halogens is 3. The summed E-state index contributed by atoms with van der Waals surface area (Å²) in [6.45, 7) is 2.25. The fourth-order valence-corrected chi connectivity index (χ4v) is 2.81. The van der Waals surface area contributed by atoms with Gasteiger partial charge < -0.3 is 15.4 Å². The second kappa shape index (κ2) is 7.14. The smallest absolute Gasteiger partial charge is 0.422 e. The highest BCUT2D eigenvalue weighted by Gasteiger charge is 2.38. The molecule has 1 aliphatic heterocycles. The van der Waals surface area contributed by atoms with Gasteiger partial charge in [0.25, 0.3) is 5.91 Å². The predicted octanol–water partition coefficient (Wildman–Crippen LogP) is 3.18. The van der Waals surface area contributed by atoms with E-state index >= 15 is 0 Å². The first-order valence-corrected chi connectivity index (χ1v) is 8.45. The highest BCUT2D eigenvalue weighted by Crippen LogP contribution is 2.37. The van der Waals surface area contributed by atoms with Gasteiger partial charge in [-0.3, -0.25) is 9.59 Å². The number of nitrogens with zero attached hydrogens (tertiary/aromatic N) is 1. The van der Waals surface area contributed by atoms with Crippen LogP contribution in [0.3, 0.4) is 0 Å². The summed E-state index contributed by atoms with van der Waals surface area (Å²) < 4.78 is 41.2. The molecule has 0 saturated carbocycles. The number of pyridine rings is 1. The maximum atomic E-state index is 12.4. The van der Waals surface area contributed by atoms with Crippen LogP contribution in [0.1, 0.15) is 35.3 Å². The van der Waals surface area contributed by atoms with Gasteiger partial charge in [-0.25, -0.2) is 4.98 Å². The maximum Gasteiger partial charge on any atom is 0.422 e. The Bertz CT molecular complexity index is 926. The van der Waals surface area contributed by atoms with Crippen LogP contribution in [-0.4, -0.2) is 29.6 Å². The summed E-state index contributed by atoms with van der Waals surface area (Å²) in [6, 6.07) is 7.85. The number of hydrogen-bond acceptors (Lipinski definition) is 4. The fraction of sp³-hybridized carbons (Fsp3) is 0.316. The topological polar surface area (TPSA) is 80.3 Å². The number of nitrogens with one attached hydrogen (secondary N) is 2. The SMILES string of the molecule is CC1(C)C(=O)Nc2cc(C(=O)NCc3ccnc(OCC(F)(F)F)c3)ccc21. The van der Waals surface area contributed by atoms with Crippen LogP contribution < -0.4 is 15.4 Å². The molecule has 2 amide bonds. The van der Waals surface area contributed by atoms with Crippen molar-refractivity contribution < 1.29 is 27.5 Å². The largest absolute Gasteiger partial charge is 0.468 e. The van der Waals surface area contributed by atoms with Gasteiger partial charge in [-0.2, -0.15) is 13.2 Å². The molecular weight excluding hydrogens is 375 g/mol. The van der Waals surface area contributed by atoms with Crippen molar-refractivity contribution in [1.29, 1.82) is 0 Å². The third-order valence-electron chi connectivity index (χ3n) is 4.41. The molecule has 0 atom stereocenters. The van der Waals surface area contributed by atoms with E-state index in [4.69, 9.17) is 0 Å². The van der Waals surface area contributed by atoms with Crippen molar-refractivity contribution in [3.63, 3.8) is 0 Å². The molecule has 0 unspecified atom stereocenters. The van der Waals surface area contributed by atoms with Crippen LogP contribution in [0.5, 0.6) is 5.88 Å². The molecule has 0 spiro atoms. The minimum absolute atomic E-state index is 0.0820. The lowest BCUT2D eigenvalue weighted by molar-refractivity contribution is -0.154. The molecule has 0 radical (unpaired) electrons. The molecule has 148 valence electrons. The third-order valence-corrected chi connectivity index (χ3v) is 4.41. The Labute approximate surface area is 159 Å². The predicted molar refractivity (Wildman–Crippen MR) is 95.1 cm³/mol. The molecule has 3 rings (SSSR count). The van der Waals surface area contributed by atoms with Crippen molar-refractivity contribution in [3.05, 3.63) is 53.2 Å². The Hall–Kier alpha value is -3.10. The minimum atomic E-state index is -4.45. The highest BCUT2D eigenvalue weighted by molar-refractivity contribution is 6.07. The summed E-state index contributed by atoms with van der Waals surface area (Å²) in [5.74, 6) is -0.689. The van der Waals surface area contributed by atoms with Gasteiger partial charge in [0, 0.05) is 30.1 Å². The van der Waals surface area contributed by atoms with Gasteiger partial charge in [-0.05, 0) is 43.2 Å². The summed E-state index contributed by atoms with van der Waals surface area (Å²) in [4.78, 5) is 28.1. The molecule has 2 N–H and O–H groups in total. The third kappa shape index (κ3) is 4.24. The van der Waals surface area contributed by atoms with Crippen molar-refractivity contribution >= 4 is 17.5 Å². The number of carbonyl (C=O) groups is 2. The average molecular weight is 393 g/mol. The van der Waals surface area contributed by atoms with E-state index in [9.17, 15) is 22.8 Å². The van der Waals surface area contributed by atoms with E-state index in [2.05, 4.69) is 20.4 Å². The lowest BCUT2D eigenvalue weighted by atomic mass is 9.86. The Balaban J connectivity index is 1.64. The highest BCUT2D eigenvalue weighted by atomic mass is 19.4. The number of anilines is 1. The Morgan fingerprint density at radius 3 is 2.71 bits per heavy atom. The molecule has 28 heavy (non-hydrogen) atoms. The van der Waals surface area contributed by atoms with E-state index in [1.807, 2.05) is 0 Å². The molecule has 1 aromatic heterocycles. The molecule has 1 aromatic carbocycles. The number of benzene rings is 1. The van der Waals surface area contributed by atoms with Gasteiger partial charge in [-0.1, -0.05) is 6.07 Å². The van der Waals surface area contributed by atoms with E-state index in [0.717, 1.165) is 5.56 Å². The zero-order valence-electron chi connectivity index (χ0n) is 15.2. The second-order valence-corrected chi connectivity index (χ2v) is 6.93. The Kier molecular flexibility index (Phi) is 5.01. The lowest BCUT2D eigenvalue weighted by Gasteiger charge is -2.15. The monoisotopic (exact) mass is 393 g/mol. The molecule has 6 nitrogen and oxygen atoms in total. The van der Waals surface area contributed by atoms with Crippen molar-refractivity contribution in [2.75, 3.05) is 11.9 Å². The van der Waals surface area contributed by atoms with E-state index in [1.54, 1.807) is 38.1 Å². The molecular formula is C19H18F3N3O3. The molecule has 0 bridgehead atoms. The van der Waals surface area contributed by atoms with E-state index in [0.29, 0.717) is 16.8 Å². The summed E-state index contributed by atoms with van der Waals surface area (Å²) in [7, 11) is 0. The van der Waals surface area contributed by atoms with Crippen LogP contribution in [-0.2, 0) is 16.8 Å². The normalized spacial score (nSPS) is 15.0. The minimum Gasteiger partial charge on any atom is -0.468 e. The van der Waals surface area contributed by atoms with Crippen molar-refractivity contribution in [1.82, 2.24) is 10.3 Å². The maximum absolute atomic E-state index is 12.4. The van der Waals surface area contributed by atoms with Crippen molar-refractivity contribution in [3.8, 4) is 5.88 Å². The average Bonchev–Trinajstić information content (AvgIpc) is 2.86. The zero-order valence-corrected chi connectivity index (χ0v) is 15.2. The number of fused-ring (bicyclic) bond motifs is 1. The summed E-state index contributed by atoms with van der Waals surface area (Å²) in [5.41, 5.74) is 1.65. The molecule has 2 heterocycles. The van der Waals surface area contributed by atoms with E-state index < -0.39 is 18.2 Å². The van der Waals surface area contributed by atoms with Gasteiger partial charge >= 0.3 is 6.18 Å². The quantitative estimate of drug-likeness (QED) is 0.818. The number of alkyl halides is 3. The molecule has 0 fully saturated rings. The lowest BCUT2D eigenvalue weighted by Crippen LogP contribution is -2.26. The number of ether oxygens (including phenoxy) is 1. The molecule has 9 heteroatoms. The first-order valence-electron chi connectivity index (χ1n) is 8.45. The fourth-order valence-electron chi connectivity index (χ4n) is 2.81. The van der Waals surface area contributed by atoms with Crippen LogP contribution in [0.15, 0.2) is 36.5 Å². The number of hydrogen-bond donors (Lipinski definition) is 2. The molecule has 2 aromatic rings. The zero-order chi connectivity index (χ0) is 20.5. The number of amides is 2. The van der Waals surface area contributed by atoms with Gasteiger partial charge in [-0.15, -0.1) is 0 Å².